The van der Waals surface area contributed by atoms with Gasteiger partial charge < -0.3 is 14.5 Å². The van der Waals surface area contributed by atoms with Crippen LogP contribution in [0.25, 0.3) is 11.5 Å². The highest BCUT2D eigenvalue weighted by Crippen LogP contribution is 2.21. The minimum atomic E-state index is -0.171. The molecule has 2 aromatic rings. The van der Waals surface area contributed by atoms with E-state index in [1.807, 2.05) is 12.1 Å². The monoisotopic (exact) mass is 275 g/mol. The van der Waals surface area contributed by atoms with Crippen LogP contribution in [0, 0.1) is 0 Å². The summed E-state index contributed by atoms with van der Waals surface area (Å²) in [6.45, 7) is 2.06. The van der Waals surface area contributed by atoms with Gasteiger partial charge in [0.15, 0.2) is 6.61 Å². The molecule has 0 radical (unpaired) electrons. The molecule has 20 heavy (non-hydrogen) atoms. The summed E-state index contributed by atoms with van der Waals surface area (Å²) in [5, 5.41) is 10.5. The molecule has 0 saturated carbocycles. The smallest absolute Gasteiger partial charge is 0.257 e. The second kappa shape index (κ2) is 6.70. The number of carbonyl (C=O) groups excluding carboxylic acids is 1. The highest BCUT2D eigenvalue weighted by molar-refractivity contribution is 5.77. The highest BCUT2D eigenvalue weighted by Gasteiger charge is 2.08. The van der Waals surface area contributed by atoms with Gasteiger partial charge in [0, 0.05) is 19.0 Å². The molecule has 1 aromatic heterocycles. The highest BCUT2D eigenvalue weighted by atomic mass is 16.5. The minimum absolute atomic E-state index is 0.00292. The van der Waals surface area contributed by atoms with Crippen LogP contribution in [0.1, 0.15) is 19.2 Å². The van der Waals surface area contributed by atoms with Gasteiger partial charge in [0.25, 0.3) is 5.91 Å². The van der Waals surface area contributed by atoms with Crippen LogP contribution in [0.4, 0.5) is 0 Å². The van der Waals surface area contributed by atoms with Crippen molar-refractivity contribution in [2.24, 2.45) is 0 Å². The van der Waals surface area contributed by atoms with E-state index >= 15 is 0 Å². The van der Waals surface area contributed by atoms with E-state index in [2.05, 4.69) is 22.4 Å². The Morgan fingerprint density at radius 2 is 2.05 bits per heavy atom. The lowest BCUT2D eigenvalue weighted by Crippen LogP contribution is -2.24. The van der Waals surface area contributed by atoms with Gasteiger partial charge in [-0.1, -0.05) is 6.92 Å². The predicted molar refractivity (Wildman–Crippen MR) is 73.3 cm³/mol. The maximum Gasteiger partial charge on any atom is 0.257 e. The lowest BCUT2D eigenvalue weighted by atomic mass is 10.2. The molecule has 0 aliphatic heterocycles. The number of rotatable bonds is 6. The van der Waals surface area contributed by atoms with Crippen molar-refractivity contribution >= 4 is 5.91 Å². The number of aryl methyl sites for hydroxylation is 1. The number of ether oxygens (including phenoxy) is 1. The zero-order chi connectivity index (χ0) is 14.4. The zero-order valence-corrected chi connectivity index (χ0v) is 11.5. The maximum absolute atomic E-state index is 11.1. The Hall–Kier alpha value is -2.37. The van der Waals surface area contributed by atoms with Gasteiger partial charge in [-0.3, -0.25) is 4.79 Å². The van der Waals surface area contributed by atoms with Gasteiger partial charge in [0.2, 0.25) is 11.8 Å². The molecule has 1 heterocycles. The molecule has 2 rings (SSSR count). The lowest BCUT2D eigenvalue weighted by Gasteiger charge is -2.05. The third kappa shape index (κ3) is 3.57. The van der Waals surface area contributed by atoms with Crippen molar-refractivity contribution in [3.05, 3.63) is 30.2 Å². The van der Waals surface area contributed by atoms with Crippen LogP contribution in [0.2, 0.25) is 0 Å². The molecule has 6 heteroatoms. The second-order valence-corrected chi connectivity index (χ2v) is 4.24. The van der Waals surface area contributed by atoms with E-state index in [4.69, 9.17) is 9.15 Å². The van der Waals surface area contributed by atoms with Crippen molar-refractivity contribution in [1.29, 1.82) is 0 Å². The molecule has 1 N–H and O–H groups in total. The van der Waals surface area contributed by atoms with Crippen molar-refractivity contribution in [2.45, 2.75) is 19.8 Å². The summed E-state index contributed by atoms with van der Waals surface area (Å²) >= 11 is 0. The molecule has 6 nitrogen and oxygen atoms in total. The van der Waals surface area contributed by atoms with E-state index in [-0.39, 0.29) is 12.5 Å². The number of carbonyl (C=O) groups is 1. The number of benzene rings is 1. The van der Waals surface area contributed by atoms with Crippen LogP contribution in [0.3, 0.4) is 0 Å². The molecular formula is C14H17N3O3. The van der Waals surface area contributed by atoms with Crippen molar-refractivity contribution in [2.75, 3.05) is 13.7 Å². The number of nitrogens with zero attached hydrogens (tertiary/aromatic N) is 2. The summed E-state index contributed by atoms with van der Waals surface area (Å²) in [4.78, 5) is 11.1. The Morgan fingerprint density at radius 3 is 2.70 bits per heavy atom. The van der Waals surface area contributed by atoms with Crippen LogP contribution in [-0.2, 0) is 11.2 Å². The number of likely N-dealkylation sites (N-methyl/N-ethyl adjacent to an activating group) is 1. The van der Waals surface area contributed by atoms with Gasteiger partial charge in [-0.15, -0.1) is 10.2 Å². The summed E-state index contributed by atoms with van der Waals surface area (Å²) in [7, 11) is 1.57. The molecule has 106 valence electrons. The fraction of sp³-hybridized carbons (Fsp3) is 0.357. The standard InChI is InChI=1S/C14H17N3O3/c1-3-4-13-16-17-14(20-13)10-5-7-11(8-6-10)19-9-12(18)15-2/h5-8H,3-4,9H2,1-2H3,(H,15,18). The summed E-state index contributed by atoms with van der Waals surface area (Å²) in [6, 6.07) is 7.18. The van der Waals surface area contributed by atoms with E-state index < -0.39 is 0 Å². The summed E-state index contributed by atoms with van der Waals surface area (Å²) in [5.41, 5.74) is 0.826. The minimum Gasteiger partial charge on any atom is -0.484 e. The molecule has 0 saturated heterocycles. The molecule has 0 fully saturated rings. The van der Waals surface area contributed by atoms with E-state index in [1.54, 1.807) is 19.2 Å². The molecule has 0 aliphatic rings. The number of aromatic nitrogens is 2. The van der Waals surface area contributed by atoms with Crippen LogP contribution in [0.15, 0.2) is 28.7 Å². The normalized spacial score (nSPS) is 10.3. The Labute approximate surface area is 117 Å². The van der Waals surface area contributed by atoms with E-state index in [0.29, 0.717) is 17.5 Å². The largest absolute Gasteiger partial charge is 0.484 e. The second-order valence-electron chi connectivity index (χ2n) is 4.24. The first-order chi connectivity index (χ1) is 9.72. The fourth-order valence-corrected chi connectivity index (χ4v) is 1.60. The Morgan fingerprint density at radius 1 is 1.30 bits per heavy atom. The van der Waals surface area contributed by atoms with Gasteiger partial charge >= 0.3 is 0 Å². The Balaban J connectivity index is 2.01. The number of hydrogen-bond acceptors (Lipinski definition) is 5. The molecule has 0 bridgehead atoms. The summed E-state index contributed by atoms with van der Waals surface area (Å²) < 4.78 is 10.9. The zero-order valence-electron chi connectivity index (χ0n) is 11.5. The molecular weight excluding hydrogens is 258 g/mol. The van der Waals surface area contributed by atoms with Gasteiger partial charge in [-0.05, 0) is 30.7 Å². The Kier molecular flexibility index (Phi) is 4.70. The lowest BCUT2D eigenvalue weighted by molar-refractivity contribution is -0.122. The third-order valence-corrected chi connectivity index (χ3v) is 2.68. The third-order valence-electron chi connectivity index (χ3n) is 2.68. The quantitative estimate of drug-likeness (QED) is 0.870. The molecule has 1 aromatic carbocycles. The van der Waals surface area contributed by atoms with Crippen molar-refractivity contribution < 1.29 is 13.9 Å². The first kappa shape index (κ1) is 14.0. The molecule has 1 amide bonds. The number of nitrogens with one attached hydrogen (secondary N) is 1. The van der Waals surface area contributed by atoms with E-state index in [1.165, 1.54) is 0 Å². The van der Waals surface area contributed by atoms with Gasteiger partial charge in [0.1, 0.15) is 5.75 Å². The SMILES string of the molecule is CCCc1nnc(-c2ccc(OCC(=O)NC)cc2)o1. The summed E-state index contributed by atoms with van der Waals surface area (Å²) in [5.74, 6) is 1.58. The average molecular weight is 275 g/mol. The molecule has 0 aliphatic carbocycles. The first-order valence-corrected chi connectivity index (χ1v) is 6.49. The van der Waals surface area contributed by atoms with Crippen molar-refractivity contribution in [3.63, 3.8) is 0 Å². The molecule has 0 atom stereocenters. The van der Waals surface area contributed by atoms with Crippen LogP contribution < -0.4 is 10.1 Å². The number of hydrogen-bond donors (Lipinski definition) is 1. The number of amides is 1. The molecule has 0 spiro atoms. The van der Waals surface area contributed by atoms with Crippen LogP contribution >= 0.6 is 0 Å². The van der Waals surface area contributed by atoms with E-state index in [0.717, 1.165) is 18.4 Å². The summed E-state index contributed by atoms with van der Waals surface area (Å²) in [6.07, 6.45) is 1.74. The predicted octanol–water partition coefficient (Wildman–Crippen LogP) is 1.81. The van der Waals surface area contributed by atoms with Crippen LogP contribution in [-0.4, -0.2) is 29.8 Å². The Bertz CT molecular complexity index is 563. The van der Waals surface area contributed by atoms with Gasteiger partial charge in [-0.2, -0.15) is 0 Å². The topological polar surface area (TPSA) is 77.2 Å². The van der Waals surface area contributed by atoms with E-state index in [9.17, 15) is 4.79 Å². The van der Waals surface area contributed by atoms with Gasteiger partial charge in [-0.25, -0.2) is 0 Å². The van der Waals surface area contributed by atoms with Crippen molar-refractivity contribution in [1.82, 2.24) is 15.5 Å². The average Bonchev–Trinajstić information content (AvgIpc) is 2.94. The molecule has 0 unspecified atom stereocenters. The maximum atomic E-state index is 11.1. The van der Waals surface area contributed by atoms with Crippen molar-refractivity contribution in [3.8, 4) is 17.2 Å². The van der Waals surface area contributed by atoms with Gasteiger partial charge in [0.05, 0.1) is 0 Å². The van der Waals surface area contributed by atoms with Crippen LogP contribution in [0.5, 0.6) is 5.75 Å². The first-order valence-electron chi connectivity index (χ1n) is 6.49. The fourth-order valence-electron chi connectivity index (χ4n) is 1.60.